The number of ether oxygens (including phenoxy) is 2. The zero-order valence-corrected chi connectivity index (χ0v) is 17.6. The maximum atomic E-state index is 6.50. The first-order valence-electron chi connectivity index (χ1n) is 9.32. The number of nitrogens with one attached hydrogen (secondary N) is 1. The number of benzene rings is 3. The third kappa shape index (κ3) is 4.99. The van der Waals surface area contributed by atoms with Crippen molar-refractivity contribution >= 4 is 17.3 Å². The lowest BCUT2D eigenvalue weighted by Gasteiger charge is -2.15. The van der Waals surface area contributed by atoms with Crippen molar-refractivity contribution in [2.75, 3.05) is 12.4 Å². The number of methoxy groups -OCH3 is 1. The Bertz CT molecular complexity index is 952. The number of aryl methyl sites for hydroxylation is 3. The molecular formula is C24H26ClNO2. The van der Waals surface area contributed by atoms with Gasteiger partial charge in [0.15, 0.2) is 11.5 Å². The Morgan fingerprint density at radius 1 is 0.857 bits per heavy atom. The summed E-state index contributed by atoms with van der Waals surface area (Å²) in [5, 5.41) is 3.98. The minimum absolute atomic E-state index is 0.441. The quantitative estimate of drug-likeness (QED) is 0.497. The molecule has 0 heterocycles. The first kappa shape index (κ1) is 20.1. The summed E-state index contributed by atoms with van der Waals surface area (Å²) in [5.74, 6) is 1.20. The molecule has 3 nitrogen and oxygen atoms in total. The van der Waals surface area contributed by atoms with E-state index in [0.29, 0.717) is 29.7 Å². The lowest BCUT2D eigenvalue weighted by molar-refractivity contribution is 0.284. The van der Waals surface area contributed by atoms with Crippen molar-refractivity contribution < 1.29 is 9.47 Å². The predicted octanol–water partition coefficient (Wildman–Crippen LogP) is 6.46. The third-order valence-electron chi connectivity index (χ3n) is 4.80. The summed E-state index contributed by atoms with van der Waals surface area (Å²) < 4.78 is 11.5. The summed E-state index contributed by atoms with van der Waals surface area (Å²) in [5.41, 5.74) is 6.97. The molecule has 0 bridgehead atoms. The van der Waals surface area contributed by atoms with Crippen LogP contribution in [0.4, 0.5) is 5.69 Å². The fourth-order valence-electron chi connectivity index (χ4n) is 2.91. The molecule has 3 aromatic carbocycles. The van der Waals surface area contributed by atoms with Crippen molar-refractivity contribution in [3.05, 3.63) is 87.4 Å². The number of anilines is 1. The van der Waals surface area contributed by atoms with Crippen LogP contribution >= 0.6 is 11.6 Å². The van der Waals surface area contributed by atoms with Gasteiger partial charge >= 0.3 is 0 Å². The number of halogens is 1. The molecule has 3 rings (SSSR count). The Labute approximate surface area is 172 Å². The molecule has 4 heteroatoms. The van der Waals surface area contributed by atoms with Gasteiger partial charge in [0.2, 0.25) is 0 Å². The van der Waals surface area contributed by atoms with Crippen LogP contribution in [0, 0.1) is 20.8 Å². The van der Waals surface area contributed by atoms with Crippen LogP contribution in [0.2, 0.25) is 5.02 Å². The van der Waals surface area contributed by atoms with Gasteiger partial charge in [-0.2, -0.15) is 0 Å². The molecule has 0 fully saturated rings. The highest BCUT2D eigenvalue weighted by Gasteiger charge is 2.12. The summed E-state index contributed by atoms with van der Waals surface area (Å²) in [6, 6.07) is 18.5. The van der Waals surface area contributed by atoms with E-state index < -0.39 is 0 Å². The zero-order chi connectivity index (χ0) is 20.1. The second-order valence-corrected chi connectivity index (χ2v) is 7.44. The van der Waals surface area contributed by atoms with Gasteiger partial charge in [-0.3, -0.25) is 0 Å². The number of rotatable bonds is 7. The molecule has 0 spiro atoms. The average Bonchev–Trinajstić information content (AvgIpc) is 2.69. The average molecular weight is 396 g/mol. The first-order chi connectivity index (χ1) is 13.5. The Kier molecular flexibility index (Phi) is 6.48. The van der Waals surface area contributed by atoms with Gasteiger partial charge in [-0.1, -0.05) is 47.5 Å². The van der Waals surface area contributed by atoms with E-state index in [-0.39, 0.29) is 0 Å². The van der Waals surface area contributed by atoms with Crippen molar-refractivity contribution in [2.45, 2.75) is 33.9 Å². The molecule has 0 aromatic heterocycles. The number of hydrogen-bond acceptors (Lipinski definition) is 3. The Balaban J connectivity index is 1.71. The highest BCUT2D eigenvalue weighted by Crippen LogP contribution is 2.37. The van der Waals surface area contributed by atoms with E-state index in [9.17, 15) is 0 Å². The Morgan fingerprint density at radius 3 is 2.29 bits per heavy atom. The van der Waals surface area contributed by atoms with Crippen LogP contribution in [0.25, 0.3) is 0 Å². The molecule has 0 aliphatic rings. The molecule has 146 valence electrons. The Morgan fingerprint density at radius 2 is 1.61 bits per heavy atom. The minimum Gasteiger partial charge on any atom is -0.493 e. The zero-order valence-electron chi connectivity index (χ0n) is 16.8. The molecule has 0 saturated carbocycles. The highest BCUT2D eigenvalue weighted by molar-refractivity contribution is 6.32. The van der Waals surface area contributed by atoms with Crippen molar-refractivity contribution in [3.8, 4) is 11.5 Å². The van der Waals surface area contributed by atoms with Crippen LogP contribution in [0.1, 0.15) is 27.8 Å². The van der Waals surface area contributed by atoms with Gasteiger partial charge < -0.3 is 14.8 Å². The molecule has 0 amide bonds. The second kappa shape index (κ2) is 9.03. The van der Waals surface area contributed by atoms with Gasteiger partial charge in [-0.15, -0.1) is 0 Å². The molecule has 28 heavy (non-hydrogen) atoms. The van der Waals surface area contributed by atoms with Gasteiger partial charge in [-0.05, 0) is 67.3 Å². The van der Waals surface area contributed by atoms with E-state index >= 15 is 0 Å². The monoisotopic (exact) mass is 395 g/mol. The van der Waals surface area contributed by atoms with E-state index in [4.69, 9.17) is 21.1 Å². The summed E-state index contributed by atoms with van der Waals surface area (Å²) in [7, 11) is 1.63. The molecule has 0 radical (unpaired) electrons. The van der Waals surface area contributed by atoms with E-state index in [0.717, 1.165) is 16.8 Å². The maximum absolute atomic E-state index is 6.50. The lowest BCUT2D eigenvalue weighted by atomic mass is 10.1. The van der Waals surface area contributed by atoms with Crippen LogP contribution in [-0.2, 0) is 13.2 Å². The second-order valence-electron chi connectivity index (χ2n) is 7.04. The van der Waals surface area contributed by atoms with Gasteiger partial charge in [0.25, 0.3) is 0 Å². The maximum Gasteiger partial charge on any atom is 0.180 e. The van der Waals surface area contributed by atoms with Gasteiger partial charge in [0.05, 0.1) is 12.1 Å². The predicted molar refractivity (Wildman–Crippen MR) is 117 cm³/mol. The minimum atomic E-state index is 0.441. The molecule has 0 saturated heterocycles. The van der Waals surface area contributed by atoms with Crippen molar-refractivity contribution in [3.63, 3.8) is 0 Å². The van der Waals surface area contributed by atoms with Crippen LogP contribution in [-0.4, -0.2) is 7.11 Å². The molecule has 0 atom stereocenters. The Hall–Kier alpha value is -2.65. The molecular weight excluding hydrogens is 370 g/mol. The third-order valence-corrected chi connectivity index (χ3v) is 5.08. The molecule has 0 unspecified atom stereocenters. The van der Waals surface area contributed by atoms with Crippen molar-refractivity contribution in [2.24, 2.45) is 0 Å². The van der Waals surface area contributed by atoms with E-state index in [2.05, 4.69) is 68.6 Å². The standard InChI is InChI=1S/C24H26ClNO2/c1-16-5-8-19(9-6-16)15-28-24-22(25)12-20(13-23(24)27-4)14-26-21-10-7-17(2)18(3)11-21/h5-13,26H,14-15H2,1-4H3. The largest absolute Gasteiger partial charge is 0.493 e. The van der Waals surface area contributed by atoms with E-state index in [1.807, 2.05) is 12.1 Å². The first-order valence-corrected chi connectivity index (χ1v) is 9.70. The van der Waals surface area contributed by atoms with Crippen molar-refractivity contribution in [1.82, 2.24) is 0 Å². The van der Waals surface area contributed by atoms with Gasteiger partial charge in [0.1, 0.15) is 6.61 Å². The molecule has 3 aromatic rings. The fourth-order valence-corrected chi connectivity index (χ4v) is 3.20. The van der Waals surface area contributed by atoms with E-state index in [1.54, 1.807) is 7.11 Å². The summed E-state index contributed by atoms with van der Waals surface area (Å²) >= 11 is 6.50. The molecule has 0 aliphatic heterocycles. The highest BCUT2D eigenvalue weighted by atomic mass is 35.5. The number of hydrogen-bond donors (Lipinski definition) is 1. The van der Waals surface area contributed by atoms with Gasteiger partial charge in [-0.25, -0.2) is 0 Å². The smallest absolute Gasteiger partial charge is 0.180 e. The van der Waals surface area contributed by atoms with Crippen LogP contribution in [0.15, 0.2) is 54.6 Å². The molecule has 1 N–H and O–H groups in total. The van der Waals surface area contributed by atoms with Crippen molar-refractivity contribution in [1.29, 1.82) is 0 Å². The normalized spacial score (nSPS) is 10.6. The van der Waals surface area contributed by atoms with Gasteiger partial charge in [0, 0.05) is 12.2 Å². The van der Waals surface area contributed by atoms with Crippen LogP contribution in [0.5, 0.6) is 11.5 Å². The lowest BCUT2D eigenvalue weighted by Crippen LogP contribution is -2.03. The SMILES string of the molecule is COc1cc(CNc2ccc(C)c(C)c2)cc(Cl)c1OCc1ccc(C)cc1. The summed E-state index contributed by atoms with van der Waals surface area (Å²) in [6.45, 7) is 7.38. The summed E-state index contributed by atoms with van der Waals surface area (Å²) in [4.78, 5) is 0. The van der Waals surface area contributed by atoms with Crippen LogP contribution in [0.3, 0.4) is 0 Å². The van der Waals surface area contributed by atoms with Crippen LogP contribution < -0.4 is 14.8 Å². The summed E-state index contributed by atoms with van der Waals surface area (Å²) in [6.07, 6.45) is 0. The fraction of sp³-hybridized carbons (Fsp3) is 0.250. The molecule has 0 aliphatic carbocycles. The topological polar surface area (TPSA) is 30.5 Å². The van der Waals surface area contributed by atoms with E-state index in [1.165, 1.54) is 16.7 Å².